The van der Waals surface area contributed by atoms with Gasteiger partial charge in [0.15, 0.2) is 11.5 Å². The van der Waals surface area contributed by atoms with Gasteiger partial charge >= 0.3 is 0 Å². The molecule has 1 aliphatic heterocycles. The first-order chi connectivity index (χ1) is 14.6. The molecule has 0 fully saturated rings. The van der Waals surface area contributed by atoms with Crippen LogP contribution in [0, 0.1) is 5.41 Å². The lowest BCUT2D eigenvalue weighted by atomic mass is 9.93. The van der Waals surface area contributed by atoms with Crippen LogP contribution in [-0.2, 0) is 14.8 Å². The quantitative estimate of drug-likeness (QED) is 0.695. The number of carbonyl (C=O) groups is 1. The molecular formula is C22H28N2O6S. The number of amides is 1. The van der Waals surface area contributed by atoms with Crippen LogP contribution in [-0.4, -0.2) is 41.7 Å². The zero-order valence-corrected chi connectivity index (χ0v) is 19.2. The minimum Gasteiger partial charge on any atom is -0.493 e. The molecule has 2 aromatic rings. The maximum absolute atomic E-state index is 13.1. The zero-order valence-electron chi connectivity index (χ0n) is 18.4. The van der Waals surface area contributed by atoms with Crippen LogP contribution in [0.5, 0.6) is 17.2 Å². The Labute approximate surface area is 183 Å². The SMILES string of the molecule is CCCN1C(=O)C(C)(C)COc2ccc(NS(=O)(=O)c3ccc(OC)c(OC)c3)cc21. The number of anilines is 2. The van der Waals surface area contributed by atoms with Gasteiger partial charge in [0.1, 0.15) is 12.4 Å². The zero-order chi connectivity index (χ0) is 22.8. The van der Waals surface area contributed by atoms with Gasteiger partial charge < -0.3 is 19.1 Å². The van der Waals surface area contributed by atoms with Crippen molar-refractivity contribution in [2.24, 2.45) is 5.41 Å². The molecular weight excluding hydrogens is 420 g/mol. The van der Waals surface area contributed by atoms with E-state index in [0.717, 1.165) is 6.42 Å². The monoisotopic (exact) mass is 448 g/mol. The second-order valence-corrected chi connectivity index (χ2v) is 9.62. The first-order valence-electron chi connectivity index (χ1n) is 9.96. The lowest BCUT2D eigenvalue weighted by Gasteiger charge is -2.28. The van der Waals surface area contributed by atoms with Crippen LogP contribution >= 0.6 is 0 Å². The minimum atomic E-state index is -3.90. The molecule has 0 bridgehead atoms. The van der Waals surface area contributed by atoms with Crippen LogP contribution < -0.4 is 23.8 Å². The van der Waals surface area contributed by atoms with Crippen molar-refractivity contribution in [1.82, 2.24) is 0 Å². The summed E-state index contributed by atoms with van der Waals surface area (Å²) in [5.74, 6) is 1.22. The average molecular weight is 449 g/mol. The highest BCUT2D eigenvalue weighted by Crippen LogP contribution is 2.39. The molecule has 0 aromatic heterocycles. The van der Waals surface area contributed by atoms with E-state index >= 15 is 0 Å². The molecule has 0 unspecified atom stereocenters. The van der Waals surface area contributed by atoms with E-state index in [0.29, 0.717) is 35.2 Å². The molecule has 2 aromatic carbocycles. The van der Waals surface area contributed by atoms with Crippen molar-refractivity contribution in [1.29, 1.82) is 0 Å². The number of carbonyl (C=O) groups excluding carboxylic acids is 1. The largest absolute Gasteiger partial charge is 0.493 e. The van der Waals surface area contributed by atoms with Gasteiger partial charge in [-0.1, -0.05) is 6.92 Å². The maximum Gasteiger partial charge on any atom is 0.262 e. The first-order valence-corrected chi connectivity index (χ1v) is 11.4. The number of benzene rings is 2. The summed E-state index contributed by atoms with van der Waals surface area (Å²) < 4.78 is 44.7. The van der Waals surface area contributed by atoms with Gasteiger partial charge in [-0.25, -0.2) is 8.42 Å². The third-order valence-electron chi connectivity index (χ3n) is 5.03. The second-order valence-electron chi connectivity index (χ2n) is 7.93. The number of hydrogen-bond donors (Lipinski definition) is 1. The molecule has 0 aliphatic carbocycles. The molecule has 0 atom stereocenters. The summed E-state index contributed by atoms with van der Waals surface area (Å²) in [6, 6.07) is 9.28. The van der Waals surface area contributed by atoms with Crippen LogP contribution in [0.3, 0.4) is 0 Å². The Kier molecular flexibility index (Phi) is 6.35. The summed E-state index contributed by atoms with van der Waals surface area (Å²) in [6.07, 6.45) is 0.753. The van der Waals surface area contributed by atoms with Crippen molar-refractivity contribution in [3.05, 3.63) is 36.4 Å². The van der Waals surface area contributed by atoms with E-state index in [1.54, 1.807) is 23.1 Å². The Morgan fingerprint density at radius 1 is 1.10 bits per heavy atom. The Bertz CT molecular complexity index is 1080. The summed E-state index contributed by atoms with van der Waals surface area (Å²) in [7, 11) is -0.984. The van der Waals surface area contributed by atoms with Crippen molar-refractivity contribution in [2.45, 2.75) is 32.1 Å². The normalized spacial score (nSPS) is 15.5. The van der Waals surface area contributed by atoms with Crippen molar-refractivity contribution in [3.8, 4) is 17.2 Å². The van der Waals surface area contributed by atoms with Crippen LogP contribution in [0.4, 0.5) is 11.4 Å². The smallest absolute Gasteiger partial charge is 0.262 e. The van der Waals surface area contributed by atoms with E-state index in [1.165, 1.54) is 32.4 Å². The Hall–Kier alpha value is -2.94. The predicted molar refractivity (Wildman–Crippen MR) is 119 cm³/mol. The maximum atomic E-state index is 13.1. The van der Waals surface area contributed by atoms with Crippen LogP contribution in [0.15, 0.2) is 41.3 Å². The highest BCUT2D eigenvalue weighted by atomic mass is 32.2. The number of ether oxygens (including phenoxy) is 3. The lowest BCUT2D eigenvalue weighted by Crippen LogP contribution is -2.42. The number of hydrogen-bond acceptors (Lipinski definition) is 6. The number of fused-ring (bicyclic) bond motifs is 1. The summed E-state index contributed by atoms with van der Waals surface area (Å²) in [4.78, 5) is 14.7. The Morgan fingerprint density at radius 3 is 2.45 bits per heavy atom. The molecule has 168 valence electrons. The molecule has 0 radical (unpaired) electrons. The molecule has 9 heteroatoms. The molecule has 0 saturated carbocycles. The number of sulfonamides is 1. The molecule has 1 heterocycles. The van der Waals surface area contributed by atoms with Gasteiger partial charge in [0, 0.05) is 12.6 Å². The second kappa shape index (κ2) is 8.66. The third kappa shape index (κ3) is 4.56. The molecule has 0 spiro atoms. The lowest BCUT2D eigenvalue weighted by molar-refractivity contribution is -0.127. The number of nitrogens with one attached hydrogen (secondary N) is 1. The van der Waals surface area contributed by atoms with E-state index in [4.69, 9.17) is 14.2 Å². The fourth-order valence-corrected chi connectivity index (χ4v) is 4.42. The van der Waals surface area contributed by atoms with Gasteiger partial charge in [0.2, 0.25) is 5.91 Å². The van der Waals surface area contributed by atoms with Gasteiger partial charge in [-0.3, -0.25) is 9.52 Å². The number of rotatable bonds is 7. The van der Waals surface area contributed by atoms with Crippen molar-refractivity contribution < 1.29 is 27.4 Å². The number of methoxy groups -OCH3 is 2. The van der Waals surface area contributed by atoms with Crippen molar-refractivity contribution in [3.63, 3.8) is 0 Å². The van der Waals surface area contributed by atoms with Crippen LogP contribution in [0.2, 0.25) is 0 Å². The Morgan fingerprint density at radius 2 is 1.81 bits per heavy atom. The molecule has 0 saturated heterocycles. The van der Waals surface area contributed by atoms with Crippen LogP contribution in [0.1, 0.15) is 27.2 Å². The molecule has 31 heavy (non-hydrogen) atoms. The van der Waals surface area contributed by atoms with Gasteiger partial charge in [-0.2, -0.15) is 0 Å². The topological polar surface area (TPSA) is 94.2 Å². The predicted octanol–water partition coefficient (Wildman–Crippen LogP) is 3.67. The van der Waals surface area contributed by atoms with Gasteiger partial charge in [0.25, 0.3) is 10.0 Å². The highest BCUT2D eigenvalue weighted by molar-refractivity contribution is 7.92. The molecule has 1 amide bonds. The third-order valence-corrected chi connectivity index (χ3v) is 6.41. The molecule has 8 nitrogen and oxygen atoms in total. The van der Waals surface area contributed by atoms with E-state index in [-0.39, 0.29) is 17.4 Å². The fourth-order valence-electron chi connectivity index (χ4n) is 3.35. The van der Waals surface area contributed by atoms with E-state index in [2.05, 4.69) is 4.72 Å². The van der Waals surface area contributed by atoms with Gasteiger partial charge in [0.05, 0.1) is 35.9 Å². The van der Waals surface area contributed by atoms with Gasteiger partial charge in [-0.15, -0.1) is 0 Å². The van der Waals surface area contributed by atoms with Crippen molar-refractivity contribution in [2.75, 3.05) is 37.0 Å². The van der Waals surface area contributed by atoms with E-state index in [9.17, 15) is 13.2 Å². The fraction of sp³-hybridized carbons (Fsp3) is 0.409. The standard InChI is InChI=1S/C22H28N2O6S/c1-6-11-24-17-12-15(7-9-18(17)30-14-22(2,3)21(24)25)23-31(26,27)16-8-10-19(28-4)20(13-16)29-5/h7-10,12-13,23H,6,11,14H2,1-5H3. The average Bonchev–Trinajstić information content (AvgIpc) is 2.83. The summed E-state index contributed by atoms with van der Waals surface area (Å²) in [6.45, 7) is 6.41. The van der Waals surface area contributed by atoms with E-state index in [1.807, 2.05) is 20.8 Å². The summed E-state index contributed by atoms with van der Waals surface area (Å²) in [5, 5.41) is 0. The molecule has 3 rings (SSSR count). The number of nitrogens with zero attached hydrogens (tertiary/aromatic N) is 1. The van der Waals surface area contributed by atoms with E-state index < -0.39 is 15.4 Å². The summed E-state index contributed by atoms with van der Waals surface area (Å²) in [5.41, 5.74) is 0.184. The molecule has 1 N–H and O–H groups in total. The van der Waals surface area contributed by atoms with Crippen molar-refractivity contribution >= 4 is 27.3 Å². The molecule has 1 aliphatic rings. The summed E-state index contributed by atoms with van der Waals surface area (Å²) >= 11 is 0. The van der Waals surface area contributed by atoms with Gasteiger partial charge in [-0.05, 0) is 50.6 Å². The van der Waals surface area contributed by atoms with Crippen LogP contribution in [0.25, 0.3) is 0 Å². The minimum absolute atomic E-state index is 0.0268. The Balaban J connectivity index is 1.97. The first kappa shape index (κ1) is 22.7. The highest BCUT2D eigenvalue weighted by Gasteiger charge is 2.37.